The highest BCUT2D eigenvalue weighted by atomic mass is 79.9. The van der Waals surface area contributed by atoms with E-state index in [1.807, 2.05) is 0 Å². The second-order valence-corrected chi connectivity index (χ2v) is 3.89. The zero-order chi connectivity index (χ0) is 13.4. The van der Waals surface area contributed by atoms with E-state index in [4.69, 9.17) is 10.2 Å². The van der Waals surface area contributed by atoms with Gasteiger partial charge in [-0.15, -0.1) is 0 Å². The van der Waals surface area contributed by atoms with E-state index in [1.54, 1.807) is 0 Å². The molecule has 0 aliphatic rings. The lowest BCUT2D eigenvalue weighted by Crippen LogP contribution is -2.14. The van der Waals surface area contributed by atoms with Crippen molar-refractivity contribution in [3.05, 3.63) is 33.5 Å². The number of halogens is 5. The number of aliphatic hydroxyl groups excluding tert-OH is 1. The summed E-state index contributed by atoms with van der Waals surface area (Å²) in [5.74, 6) is -3.07. The Morgan fingerprint density at radius 1 is 1.35 bits per heavy atom. The lowest BCUT2D eigenvalue weighted by Gasteiger charge is -2.13. The Labute approximate surface area is 101 Å². The fourth-order valence-corrected chi connectivity index (χ4v) is 1.55. The average molecular weight is 317 g/mol. The molecule has 0 amide bonds. The SMILES string of the molecule is O=C(O)C(O)c1cc(C(F)(F)F)cc(F)c1Br. The summed E-state index contributed by atoms with van der Waals surface area (Å²) in [4.78, 5) is 10.4. The van der Waals surface area contributed by atoms with Gasteiger partial charge in [-0.1, -0.05) is 0 Å². The molecule has 1 aromatic carbocycles. The van der Waals surface area contributed by atoms with E-state index in [-0.39, 0.29) is 6.07 Å². The van der Waals surface area contributed by atoms with Gasteiger partial charge >= 0.3 is 12.1 Å². The van der Waals surface area contributed by atoms with Crippen LogP contribution in [0.1, 0.15) is 17.2 Å². The van der Waals surface area contributed by atoms with Crippen LogP contribution in [0.4, 0.5) is 17.6 Å². The van der Waals surface area contributed by atoms with Gasteiger partial charge in [-0.3, -0.25) is 0 Å². The molecule has 0 bridgehead atoms. The van der Waals surface area contributed by atoms with Crippen LogP contribution in [0.2, 0.25) is 0 Å². The predicted molar refractivity (Wildman–Crippen MR) is 51.7 cm³/mol. The second-order valence-electron chi connectivity index (χ2n) is 3.10. The molecule has 0 aliphatic heterocycles. The van der Waals surface area contributed by atoms with Gasteiger partial charge in [0.1, 0.15) is 5.82 Å². The van der Waals surface area contributed by atoms with Gasteiger partial charge in [0.15, 0.2) is 6.10 Å². The van der Waals surface area contributed by atoms with Crippen molar-refractivity contribution < 1.29 is 32.6 Å². The number of rotatable bonds is 2. The molecule has 94 valence electrons. The first kappa shape index (κ1) is 13.9. The van der Waals surface area contributed by atoms with Gasteiger partial charge in [-0.2, -0.15) is 13.2 Å². The first-order valence-electron chi connectivity index (χ1n) is 4.11. The summed E-state index contributed by atoms with van der Waals surface area (Å²) in [6.07, 6.45) is -7.06. The molecule has 0 radical (unpaired) electrons. The highest BCUT2D eigenvalue weighted by molar-refractivity contribution is 9.10. The monoisotopic (exact) mass is 316 g/mol. The van der Waals surface area contributed by atoms with Crippen LogP contribution >= 0.6 is 15.9 Å². The van der Waals surface area contributed by atoms with Crippen LogP contribution in [0.25, 0.3) is 0 Å². The van der Waals surface area contributed by atoms with Crippen LogP contribution in [0.3, 0.4) is 0 Å². The molecule has 2 N–H and O–H groups in total. The molecule has 17 heavy (non-hydrogen) atoms. The summed E-state index contributed by atoms with van der Waals surface area (Å²) < 4.78 is 49.6. The highest BCUT2D eigenvalue weighted by Crippen LogP contribution is 2.35. The quantitative estimate of drug-likeness (QED) is 0.825. The number of hydrogen-bond donors (Lipinski definition) is 2. The number of aliphatic carboxylic acids is 1. The Morgan fingerprint density at radius 3 is 2.29 bits per heavy atom. The molecule has 0 fully saturated rings. The molecule has 0 heterocycles. The van der Waals surface area contributed by atoms with Crippen molar-refractivity contribution in [1.29, 1.82) is 0 Å². The van der Waals surface area contributed by atoms with Gasteiger partial charge in [-0.25, -0.2) is 9.18 Å². The molecule has 1 unspecified atom stereocenters. The first-order valence-corrected chi connectivity index (χ1v) is 4.91. The van der Waals surface area contributed by atoms with E-state index < -0.39 is 39.7 Å². The van der Waals surface area contributed by atoms with Crippen molar-refractivity contribution in [1.82, 2.24) is 0 Å². The van der Waals surface area contributed by atoms with E-state index in [1.165, 1.54) is 0 Å². The first-order chi connectivity index (χ1) is 7.64. The van der Waals surface area contributed by atoms with E-state index in [9.17, 15) is 22.4 Å². The molecule has 1 atom stereocenters. The lowest BCUT2D eigenvalue weighted by atomic mass is 10.1. The second kappa shape index (κ2) is 4.61. The van der Waals surface area contributed by atoms with E-state index in [2.05, 4.69) is 15.9 Å². The predicted octanol–water partition coefficient (Wildman–Crippen LogP) is 2.73. The number of carbonyl (C=O) groups is 1. The average Bonchev–Trinajstić information content (AvgIpc) is 2.19. The Balaban J connectivity index is 3.40. The molecule has 0 saturated heterocycles. The number of benzene rings is 1. The van der Waals surface area contributed by atoms with Gasteiger partial charge in [0.2, 0.25) is 0 Å². The largest absolute Gasteiger partial charge is 0.479 e. The van der Waals surface area contributed by atoms with Crippen molar-refractivity contribution in [2.24, 2.45) is 0 Å². The number of aliphatic hydroxyl groups is 1. The van der Waals surface area contributed by atoms with Crippen LogP contribution < -0.4 is 0 Å². The Bertz CT molecular complexity index is 458. The molecular formula is C9H5BrF4O3. The minimum absolute atomic E-state index is 0.210. The van der Waals surface area contributed by atoms with Crippen molar-refractivity contribution >= 4 is 21.9 Å². The number of carboxylic acids is 1. The van der Waals surface area contributed by atoms with Crippen molar-refractivity contribution in [2.75, 3.05) is 0 Å². The van der Waals surface area contributed by atoms with Gasteiger partial charge in [0, 0.05) is 5.56 Å². The van der Waals surface area contributed by atoms with Crippen LogP contribution in [0.5, 0.6) is 0 Å². The standard InChI is InChI=1S/C9H5BrF4O3/c10-6-4(7(15)8(16)17)1-3(2-5(6)11)9(12,13)14/h1-2,7,15H,(H,16,17). The summed E-state index contributed by atoms with van der Waals surface area (Å²) >= 11 is 2.58. The topological polar surface area (TPSA) is 57.5 Å². The van der Waals surface area contributed by atoms with Crippen LogP contribution in [0, 0.1) is 5.82 Å². The maximum Gasteiger partial charge on any atom is 0.416 e. The van der Waals surface area contributed by atoms with Crippen molar-refractivity contribution in [2.45, 2.75) is 12.3 Å². The maximum absolute atomic E-state index is 13.1. The normalized spacial score (nSPS) is 13.5. The molecular weight excluding hydrogens is 312 g/mol. The fourth-order valence-electron chi connectivity index (χ4n) is 1.11. The Kier molecular flexibility index (Phi) is 3.78. The molecule has 1 aromatic rings. The zero-order valence-electron chi connectivity index (χ0n) is 7.92. The zero-order valence-corrected chi connectivity index (χ0v) is 9.51. The maximum atomic E-state index is 13.1. The van der Waals surface area contributed by atoms with Gasteiger partial charge in [0.25, 0.3) is 0 Å². The molecule has 0 saturated carbocycles. The lowest BCUT2D eigenvalue weighted by molar-refractivity contribution is -0.147. The van der Waals surface area contributed by atoms with E-state index in [0.717, 1.165) is 0 Å². The van der Waals surface area contributed by atoms with Gasteiger partial charge < -0.3 is 10.2 Å². The van der Waals surface area contributed by atoms with E-state index >= 15 is 0 Å². The molecule has 1 rings (SSSR count). The highest BCUT2D eigenvalue weighted by Gasteiger charge is 2.34. The van der Waals surface area contributed by atoms with Crippen molar-refractivity contribution in [3.8, 4) is 0 Å². The fraction of sp³-hybridized carbons (Fsp3) is 0.222. The Hall–Kier alpha value is -1.15. The third kappa shape index (κ3) is 2.95. The molecule has 3 nitrogen and oxygen atoms in total. The third-order valence-electron chi connectivity index (χ3n) is 1.91. The van der Waals surface area contributed by atoms with Gasteiger partial charge in [0.05, 0.1) is 10.0 Å². The summed E-state index contributed by atoms with van der Waals surface area (Å²) in [7, 11) is 0. The van der Waals surface area contributed by atoms with Crippen LogP contribution in [-0.2, 0) is 11.0 Å². The molecule has 8 heteroatoms. The molecule has 0 aromatic heterocycles. The van der Waals surface area contributed by atoms with Crippen LogP contribution in [-0.4, -0.2) is 16.2 Å². The summed E-state index contributed by atoms with van der Waals surface area (Å²) in [6.45, 7) is 0. The number of carboxylic acid groups (broad SMARTS) is 1. The summed E-state index contributed by atoms with van der Waals surface area (Å²) in [5.41, 5.74) is -2.06. The Morgan fingerprint density at radius 2 is 1.88 bits per heavy atom. The summed E-state index contributed by atoms with van der Waals surface area (Å²) in [5, 5.41) is 17.6. The molecule has 0 aliphatic carbocycles. The van der Waals surface area contributed by atoms with E-state index in [0.29, 0.717) is 6.07 Å². The minimum Gasteiger partial charge on any atom is -0.479 e. The van der Waals surface area contributed by atoms with Crippen LogP contribution in [0.15, 0.2) is 16.6 Å². The summed E-state index contributed by atoms with van der Waals surface area (Å²) in [6, 6.07) is 0.591. The van der Waals surface area contributed by atoms with Crippen molar-refractivity contribution in [3.63, 3.8) is 0 Å². The third-order valence-corrected chi connectivity index (χ3v) is 2.75. The number of alkyl halides is 3. The number of hydrogen-bond acceptors (Lipinski definition) is 2. The minimum atomic E-state index is -4.82. The molecule has 0 spiro atoms. The smallest absolute Gasteiger partial charge is 0.416 e. The van der Waals surface area contributed by atoms with Gasteiger partial charge in [-0.05, 0) is 28.1 Å².